The molecule has 0 heterocycles. The fourth-order valence-corrected chi connectivity index (χ4v) is 6.68. The smallest absolute Gasteiger partial charge is 0.268 e. The van der Waals surface area contributed by atoms with Gasteiger partial charge < -0.3 is 28.8 Å². The Morgan fingerprint density at radius 3 is 1.44 bits per heavy atom. The number of carbonyl (C=O) groups excluding carboxylic acids is 1. The first-order chi connectivity index (χ1) is 31.0. The Morgan fingerprint density at radius 1 is 0.562 bits per heavy atom. The second-order valence-electron chi connectivity index (χ2n) is 17.1. The van der Waals surface area contributed by atoms with Crippen molar-refractivity contribution in [2.24, 2.45) is 0 Å². The number of carbonyl (C=O) groups is 1. The number of amides is 1. The molecule has 0 radical (unpaired) electrons. The number of phosphoric ester groups is 1. The molecule has 0 rings (SSSR count). The molecule has 0 fully saturated rings. The van der Waals surface area contributed by atoms with E-state index in [-0.39, 0.29) is 18.9 Å². The number of unbranched alkanes of at least 4 members (excludes halogenated alkanes) is 9. The maximum atomic E-state index is 12.9. The van der Waals surface area contributed by atoms with Crippen molar-refractivity contribution < 1.29 is 32.9 Å². The minimum Gasteiger partial charge on any atom is -0.756 e. The van der Waals surface area contributed by atoms with Gasteiger partial charge in [0.05, 0.1) is 39.9 Å². The summed E-state index contributed by atoms with van der Waals surface area (Å²) in [7, 11) is 1.19. The third kappa shape index (κ3) is 46.6. The molecule has 0 aromatic heterocycles. The second-order valence-corrected chi connectivity index (χ2v) is 18.5. The molecular weight excluding hydrogens is 816 g/mol. The van der Waals surface area contributed by atoms with Crippen LogP contribution in [0.3, 0.4) is 0 Å². The first kappa shape index (κ1) is 60.6. The summed E-state index contributed by atoms with van der Waals surface area (Å²) in [6.45, 7) is 4.41. The zero-order valence-electron chi connectivity index (χ0n) is 40.9. The van der Waals surface area contributed by atoms with Gasteiger partial charge in [-0.2, -0.15) is 0 Å². The monoisotopic (exact) mass is 907 g/mol. The summed E-state index contributed by atoms with van der Waals surface area (Å²) in [5, 5.41) is 13.7. The van der Waals surface area contributed by atoms with Crippen molar-refractivity contribution in [1.82, 2.24) is 5.32 Å². The highest BCUT2D eigenvalue weighted by Gasteiger charge is 2.23. The number of nitrogens with one attached hydrogen (secondary N) is 1. The normalized spacial score (nSPS) is 15.3. The Morgan fingerprint density at radius 2 is 0.969 bits per heavy atom. The molecule has 0 saturated heterocycles. The fraction of sp³-hybridized carbons (Fsp3) is 0.582. The van der Waals surface area contributed by atoms with Crippen molar-refractivity contribution >= 4 is 13.7 Å². The molecule has 0 aromatic carbocycles. The molecule has 9 heteroatoms. The molecule has 64 heavy (non-hydrogen) atoms. The number of likely N-dealkylation sites (N-methyl/N-ethyl adjacent to an activating group) is 1. The van der Waals surface area contributed by atoms with Crippen LogP contribution in [0.1, 0.15) is 155 Å². The Balaban J connectivity index is 4.41. The van der Waals surface area contributed by atoms with Gasteiger partial charge in [0.25, 0.3) is 7.82 Å². The third-order valence-electron chi connectivity index (χ3n) is 9.82. The van der Waals surface area contributed by atoms with E-state index in [0.29, 0.717) is 23.9 Å². The molecule has 1 amide bonds. The third-order valence-corrected chi connectivity index (χ3v) is 10.8. The first-order valence-corrected chi connectivity index (χ1v) is 26.0. The Hall–Kier alpha value is -3.36. The van der Waals surface area contributed by atoms with Crippen LogP contribution in [0.2, 0.25) is 0 Å². The van der Waals surface area contributed by atoms with E-state index in [1.54, 1.807) is 6.08 Å². The molecule has 2 N–H and O–H groups in total. The first-order valence-electron chi connectivity index (χ1n) is 24.5. The summed E-state index contributed by atoms with van der Waals surface area (Å²) in [5.74, 6) is -0.245. The Labute approximate surface area is 392 Å². The predicted molar refractivity (Wildman–Crippen MR) is 274 cm³/mol. The van der Waals surface area contributed by atoms with Crippen LogP contribution < -0.4 is 10.2 Å². The topological polar surface area (TPSA) is 108 Å². The molecule has 3 unspecified atom stereocenters. The lowest BCUT2D eigenvalue weighted by molar-refractivity contribution is -0.870. The summed E-state index contributed by atoms with van der Waals surface area (Å²) in [6.07, 6.45) is 68.0. The summed E-state index contributed by atoms with van der Waals surface area (Å²) in [6, 6.07) is -0.933. The van der Waals surface area contributed by atoms with Crippen LogP contribution in [-0.4, -0.2) is 68.5 Å². The fourth-order valence-electron chi connectivity index (χ4n) is 5.96. The van der Waals surface area contributed by atoms with Gasteiger partial charge in [-0.15, -0.1) is 0 Å². The van der Waals surface area contributed by atoms with E-state index in [1.807, 2.05) is 27.2 Å². The molecule has 0 spiro atoms. The van der Waals surface area contributed by atoms with Gasteiger partial charge in [-0.3, -0.25) is 9.36 Å². The van der Waals surface area contributed by atoms with Crippen molar-refractivity contribution in [2.75, 3.05) is 40.9 Å². The molecule has 0 aliphatic carbocycles. The van der Waals surface area contributed by atoms with Crippen molar-refractivity contribution in [3.63, 3.8) is 0 Å². The summed E-state index contributed by atoms with van der Waals surface area (Å²) < 4.78 is 23.2. The molecule has 8 nitrogen and oxygen atoms in total. The van der Waals surface area contributed by atoms with E-state index in [9.17, 15) is 19.4 Å². The van der Waals surface area contributed by atoms with Gasteiger partial charge in [0.15, 0.2) is 0 Å². The van der Waals surface area contributed by atoms with Crippen LogP contribution in [0.4, 0.5) is 0 Å². The van der Waals surface area contributed by atoms with E-state index in [4.69, 9.17) is 9.05 Å². The zero-order chi connectivity index (χ0) is 47.1. The molecule has 0 saturated carbocycles. The highest BCUT2D eigenvalue weighted by Crippen LogP contribution is 2.38. The van der Waals surface area contributed by atoms with Gasteiger partial charge in [-0.05, 0) is 109 Å². The number of phosphoric acid groups is 1. The van der Waals surface area contributed by atoms with Crippen molar-refractivity contribution in [2.45, 2.75) is 167 Å². The number of aliphatic hydroxyl groups excluding tert-OH is 1. The molecule has 3 atom stereocenters. The second kappa shape index (κ2) is 44.8. The Kier molecular flexibility index (Phi) is 42.5. The highest BCUT2D eigenvalue weighted by molar-refractivity contribution is 7.45. The standard InChI is InChI=1S/C55H91N2O6P/c1-6-8-10-12-14-16-18-20-21-22-23-24-25-26-27-28-29-30-31-32-33-34-35-37-39-41-43-45-47-49-55(59)56-53(52-63-64(60,61)62-51-50-57(3,4)5)54(58)48-46-44-42-40-38-36-19-17-15-13-11-9-7-2/h8,10,14-17,20-21,23-24,26-27,29-30,32-33,35,37-38,40,46,48,53-54,58H,6-7,9,11-13,18-19,22,25,28,31,34,36,39,41-45,47,49-52H2,1-5H3,(H-,56,59,60,61)/b10-8-,16-14-,17-15+,21-20-,24-23-,27-26-,30-29-,33-32-,37-35-,40-38+,48-46+. The van der Waals surface area contributed by atoms with Gasteiger partial charge in [0, 0.05) is 6.42 Å². The number of quaternary nitrogens is 1. The molecule has 0 aliphatic heterocycles. The lowest BCUT2D eigenvalue weighted by Gasteiger charge is -2.29. The minimum atomic E-state index is -4.62. The average molecular weight is 907 g/mol. The van der Waals surface area contributed by atoms with E-state index >= 15 is 0 Å². The zero-order valence-corrected chi connectivity index (χ0v) is 41.8. The van der Waals surface area contributed by atoms with Crippen LogP contribution in [0.25, 0.3) is 0 Å². The predicted octanol–water partition coefficient (Wildman–Crippen LogP) is 13.8. The van der Waals surface area contributed by atoms with E-state index in [0.717, 1.165) is 103 Å². The Bertz CT molecular complexity index is 1490. The molecule has 362 valence electrons. The largest absolute Gasteiger partial charge is 0.756 e. The van der Waals surface area contributed by atoms with Crippen molar-refractivity contribution in [3.8, 4) is 0 Å². The number of allylic oxidation sites excluding steroid dienone is 21. The van der Waals surface area contributed by atoms with Gasteiger partial charge in [0.2, 0.25) is 5.91 Å². The van der Waals surface area contributed by atoms with Gasteiger partial charge in [0.1, 0.15) is 13.2 Å². The summed E-state index contributed by atoms with van der Waals surface area (Å²) in [4.78, 5) is 25.3. The van der Waals surface area contributed by atoms with Gasteiger partial charge in [-0.25, -0.2) is 0 Å². The maximum Gasteiger partial charge on any atom is 0.268 e. The quantitative estimate of drug-likeness (QED) is 0.0273. The van der Waals surface area contributed by atoms with Crippen LogP contribution in [0, 0.1) is 0 Å². The number of hydrogen-bond acceptors (Lipinski definition) is 6. The van der Waals surface area contributed by atoms with Gasteiger partial charge >= 0.3 is 0 Å². The minimum absolute atomic E-state index is 0.0227. The number of nitrogens with zero attached hydrogens (tertiary/aromatic N) is 1. The molecular formula is C55H91N2O6P. The summed E-state index contributed by atoms with van der Waals surface area (Å²) >= 11 is 0. The van der Waals surface area contributed by atoms with Crippen LogP contribution in [0.5, 0.6) is 0 Å². The summed E-state index contributed by atoms with van der Waals surface area (Å²) in [5.41, 5.74) is 0. The van der Waals surface area contributed by atoms with Crippen molar-refractivity contribution in [3.05, 3.63) is 134 Å². The van der Waals surface area contributed by atoms with Gasteiger partial charge in [-0.1, -0.05) is 173 Å². The number of rotatable bonds is 42. The molecule has 0 bridgehead atoms. The van der Waals surface area contributed by atoms with E-state index in [2.05, 4.69) is 141 Å². The van der Waals surface area contributed by atoms with Crippen molar-refractivity contribution in [1.29, 1.82) is 0 Å². The maximum absolute atomic E-state index is 12.9. The van der Waals surface area contributed by atoms with E-state index < -0.39 is 26.6 Å². The number of aliphatic hydroxyl groups is 1. The lowest BCUT2D eigenvalue weighted by atomic mass is 10.1. The highest BCUT2D eigenvalue weighted by atomic mass is 31.2. The van der Waals surface area contributed by atoms with Crippen LogP contribution in [0.15, 0.2) is 134 Å². The molecule has 0 aromatic rings. The average Bonchev–Trinajstić information content (AvgIpc) is 3.25. The van der Waals surface area contributed by atoms with Crippen LogP contribution in [-0.2, 0) is 18.4 Å². The number of hydrogen-bond donors (Lipinski definition) is 2. The van der Waals surface area contributed by atoms with Crippen LogP contribution >= 0.6 is 7.82 Å². The lowest BCUT2D eigenvalue weighted by Crippen LogP contribution is -2.45. The molecule has 0 aliphatic rings. The SMILES string of the molecule is CC/C=C\C/C=C\C/C=C\C/C=C\C/C=C\C/C=C\C/C=C\C/C=C\CCCCCCC(=O)NC(COP(=O)([O-])OCC[N+](C)(C)C)C(O)/C=C/CC/C=C/CC/C=C/CCCCC. The van der Waals surface area contributed by atoms with E-state index in [1.165, 1.54) is 19.3 Å².